The van der Waals surface area contributed by atoms with E-state index in [9.17, 15) is 5.11 Å². The maximum atomic E-state index is 9.99. The van der Waals surface area contributed by atoms with E-state index in [1.807, 2.05) is 31.3 Å². The molecule has 0 aliphatic carbocycles. The van der Waals surface area contributed by atoms with Crippen molar-refractivity contribution in [2.45, 2.75) is 31.7 Å². The first kappa shape index (κ1) is 16.7. The van der Waals surface area contributed by atoms with Gasteiger partial charge in [0, 0.05) is 24.7 Å². The molecule has 0 radical (unpaired) electrons. The summed E-state index contributed by atoms with van der Waals surface area (Å²) in [5.74, 6) is 0. The number of ether oxygens (including phenoxy) is 2. The summed E-state index contributed by atoms with van der Waals surface area (Å²) in [4.78, 5) is 2.10. The Hall–Kier alpha value is -0.650. The molecular formula is C16H24ClNO3. The number of aliphatic hydroxyl groups is 1. The third-order valence-corrected chi connectivity index (χ3v) is 3.81. The number of halogens is 1. The van der Waals surface area contributed by atoms with Gasteiger partial charge in [-0.2, -0.15) is 0 Å². The van der Waals surface area contributed by atoms with E-state index in [0.29, 0.717) is 25.9 Å². The van der Waals surface area contributed by atoms with Gasteiger partial charge in [-0.3, -0.25) is 0 Å². The summed E-state index contributed by atoms with van der Waals surface area (Å²) in [6.45, 7) is 3.15. The third kappa shape index (κ3) is 6.32. The Kier molecular flexibility index (Phi) is 6.93. The summed E-state index contributed by atoms with van der Waals surface area (Å²) in [5, 5.41) is 10.7. The zero-order chi connectivity index (χ0) is 15.1. The average Bonchev–Trinajstić information content (AvgIpc) is 2.93. The first-order chi connectivity index (χ1) is 10.1. The van der Waals surface area contributed by atoms with Crippen molar-refractivity contribution < 1.29 is 14.6 Å². The molecule has 2 unspecified atom stereocenters. The second kappa shape index (κ2) is 8.71. The number of benzene rings is 1. The molecule has 5 heteroatoms. The van der Waals surface area contributed by atoms with Gasteiger partial charge >= 0.3 is 0 Å². The molecule has 1 aromatic carbocycles. The largest absolute Gasteiger partial charge is 0.389 e. The lowest BCUT2D eigenvalue weighted by Crippen LogP contribution is -2.36. The van der Waals surface area contributed by atoms with Crippen LogP contribution in [0.2, 0.25) is 5.02 Å². The van der Waals surface area contributed by atoms with Gasteiger partial charge in [-0.1, -0.05) is 23.7 Å². The number of rotatable bonds is 8. The van der Waals surface area contributed by atoms with Gasteiger partial charge in [0.2, 0.25) is 0 Å². The highest BCUT2D eigenvalue weighted by atomic mass is 35.5. The predicted molar refractivity (Wildman–Crippen MR) is 83.6 cm³/mol. The van der Waals surface area contributed by atoms with Crippen molar-refractivity contribution in [2.24, 2.45) is 0 Å². The van der Waals surface area contributed by atoms with Crippen molar-refractivity contribution in [3.8, 4) is 0 Å². The normalized spacial score (nSPS) is 20.1. The fraction of sp³-hybridized carbons (Fsp3) is 0.625. The lowest BCUT2D eigenvalue weighted by Gasteiger charge is -2.23. The SMILES string of the molecule is CN(CC(O)COCc1ccc(Cl)cc1)CC1CCCO1. The van der Waals surface area contributed by atoms with E-state index in [1.165, 1.54) is 0 Å². The fourth-order valence-corrected chi connectivity index (χ4v) is 2.64. The zero-order valence-electron chi connectivity index (χ0n) is 12.5. The highest BCUT2D eigenvalue weighted by Gasteiger charge is 2.18. The molecule has 1 N–H and O–H groups in total. The summed E-state index contributed by atoms with van der Waals surface area (Å²) < 4.78 is 11.1. The standard InChI is InChI=1S/C16H24ClNO3/c1-18(10-16-3-2-8-21-16)9-15(19)12-20-11-13-4-6-14(17)7-5-13/h4-7,15-16,19H,2-3,8-12H2,1H3. The molecule has 1 heterocycles. The monoisotopic (exact) mass is 313 g/mol. The Morgan fingerprint density at radius 1 is 1.43 bits per heavy atom. The number of nitrogens with zero attached hydrogens (tertiary/aromatic N) is 1. The molecule has 0 aromatic heterocycles. The van der Waals surface area contributed by atoms with Crippen LogP contribution in [0.1, 0.15) is 18.4 Å². The minimum Gasteiger partial charge on any atom is -0.389 e. The summed E-state index contributed by atoms with van der Waals surface area (Å²) in [6, 6.07) is 7.54. The van der Waals surface area contributed by atoms with E-state index in [1.54, 1.807) is 0 Å². The Morgan fingerprint density at radius 2 is 2.19 bits per heavy atom. The van der Waals surface area contributed by atoms with Crippen LogP contribution >= 0.6 is 11.6 Å². The van der Waals surface area contributed by atoms with Gasteiger partial charge in [-0.15, -0.1) is 0 Å². The molecule has 1 aliphatic heterocycles. The topological polar surface area (TPSA) is 41.9 Å². The summed E-state index contributed by atoms with van der Waals surface area (Å²) in [6.07, 6.45) is 2.10. The first-order valence-electron chi connectivity index (χ1n) is 7.44. The van der Waals surface area contributed by atoms with Crippen LogP contribution in [-0.4, -0.2) is 55.6 Å². The van der Waals surface area contributed by atoms with Crippen LogP contribution in [0, 0.1) is 0 Å². The molecule has 2 atom stereocenters. The Morgan fingerprint density at radius 3 is 2.86 bits per heavy atom. The highest BCUT2D eigenvalue weighted by Crippen LogP contribution is 2.13. The van der Waals surface area contributed by atoms with Crippen molar-refractivity contribution in [3.05, 3.63) is 34.9 Å². The molecule has 21 heavy (non-hydrogen) atoms. The first-order valence-corrected chi connectivity index (χ1v) is 7.81. The van der Waals surface area contributed by atoms with Gasteiger partial charge in [0.1, 0.15) is 0 Å². The Balaban J connectivity index is 1.60. The second-order valence-electron chi connectivity index (χ2n) is 5.65. The summed E-state index contributed by atoms with van der Waals surface area (Å²) in [7, 11) is 2.00. The smallest absolute Gasteiger partial charge is 0.0900 e. The molecule has 0 saturated carbocycles. The van der Waals surface area contributed by atoms with E-state index in [2.05, 4.69) is 4.90 Å². The van der Waals surface area contributed by atoms with Gasteiger partial charge in [0.05, 0.1) is 25.4 Å². The molecule has 118 valence electrons. The molecule has 2 rings (SSSR count). The van der Waals surface area contributed by atoms with Crippen molar-refractivity contribution in [3.63, 3.8) is 0 Å². The second-order valence-corrected chi connectivity index (χ2v) is 6.09. The van der Waals surface area contributed by atoms with Gasteiger partial charge < -0.3 is 19.5 Å². The van der Waals surface area contributed by atoms with Crippen LogP contribution in [0.15, 0.2) is 24.3 Å². The quantitative estimate of drug-likeness (QED) is 0.800. The fourth-order valence-electron chi connectivity index (χ4n) is 2.52. The van der Waals surface area contributed by atoms with E-state index < -0.39 is 6.10 Å². The molecule has 1 aliphatic rings. The summed E-state index contributed by atoms with van der Waals surface area (Å²) >= 11 is 5.83. The van der Waals surface area contributed by atoms with Crippen LogP contribution in [-0.2, 0) is 16.1 Å². The highest BCUT2D eigenvalue weighted by molar-refractivity contribution is 6.30. The number of hydrogen-bond acceptors (Lipinski definition) is 4. The maximum Gasteiger partial charge on any atom is 0.0900 e. The van der Waals surface area contributed by atoms with Crippen molar-refractivity contribution in [1.29, 1.82) is 0 Å². The molecular weight excluding hydrogens is 290 g/mol. The van der Waals surface area contributed by atoms with Crippen LogP contribution in [0.4, 0.5) is 0 Å². The van der Waals surface area contributed by atoms with Crippen molar-refractivity contribution in [1.82, 2.24) is 4.90 Å². The molecule has 0 amide bonds. The zero-order valence-corrected chi connectivity index (χ0v) is 13.3. The predicted octanol–water partition coefficient (Wildman–Crippen LogP) is 2.33. The average molecular weight is 314 g/mol. The van der Waals surface area contributed by atoms with E-state index in [4.69, 9.17) is 21.1 Å². The van der Waals surface area contributed by atoms with E-state index in [-0.39, 0.29) is 0 Å². The van der Waals surface area contributed by atoms with Crippen LogP contribution in [0.3, 0.4) is 0 Å². The minimum atomic E-state index is -0.483. The molecule has 0 bridgehead atoms. The van der Waals surface area contributed by atoms with Crippen molar-refractivity contribution >= 4 is 11.6 Å². The molecule has 1 aromatic rings. The number of aliphatic hydroxyl groups excluding tert-OH is 1. The van der Waals surface area contributed by atoms with Crippen LogP contribution in [0.5, 0.6) is 0 Å². The Labute approximate surface area is 131 Å². The van der Waals surface area contributed by atoms with Gasteiger partial charge in [-0.05, 0) is 37.6 Å². The van der Waals surface area contributed by atoms with Crippen LogP contribution < -0.4 is 0 Å². The molecule has 1 fully saturated rings. The minimum absolute atomic E-state index is 0.317. The van der Waals surface area contributed by atoms with Gasteiger partial charge in [0.15, 0.2) is 0 Å². The van der Waals surface area contributed by atoms with Gasteiger partial charge in [0.25, 0.3) is 0 Å². The molecule has 1 saturated heterocycles. The van der Waals surface area contributed by atoms with Crippen LogP contribution in [0.25, 0.3) is 0 Å². The maximum absolute atomic E-state index is 9.99. The number of likely N-dealkylation sites (N-methyl/N-ethyl adjacent to an activating group) is 1. The molecule has 0 spiro atoms. The third-order valence-electron chi connectivity index (χ3n) is 3.55. The summed E-state index contributed by atoms with van der Waals surface area (Å²) in [5.41, 5.74) is 1.05. The van der Waals surface area contributed by atoms with E-state index in [0.717, 1.165) is 36.6 Å². The van der Waals surface area contributed by atoms with Crippen molar-refractivity contribution in [2.75, 3.05) is 33.4 Å². The lowest BCUT2D eigenvalue weighted by atomic mass is 10.2. The van der Waals surface area contributed by atoms with E-state index >= 15 is 0 Å². The van der Waals surface area contributed by atoms with Gasteiger partial charge in [-0.25, -0.2) is 0 Å². The molecule has 4 nitrogen and oxygen atoms in total. The number of hydrogen-bond donors (Lipinski definition) is 1. The lowest BCUT2D eigenvalue weighted by molar-refractivity contribution is 0.00467. The Bertz CT molecular complexity index is 406.